The van der Waals surface area contributed by atoms with Gasteiger partial charge < -0.3 is 14.8 Å². The Labute approximate surface area is 112 Å². The van der Waals surface area contributed by atoms with E-state index in [1.165, 1.54) is 38.5 Å². The van der Waals surface area contributed by atoms with Crippen molar-refractivity contribution in [3.8, 4) is 0 Å². The van der Waals surface area contributed by atoms with Crippen LogP contribution in [0.15, 0.2) is 0 Å². The fourth-order valence-corrected chi connectivity index (χ4v) is 3.17. The molecule has 2 rings (SSSR count). The number of ether oxygens (including phenoxy) is 2. The van der Waals surface area contributed by atoms with Gasteiger partial charge in [-0.25, -0.2) is 0 Å². The largest absolute Gasteiger partial charge is 0.377 e. The van der Waals surface area contributed by atoms with E-state index < -0.39 is 0 Å². The lowest BCUT2D eigenvalue weighted by Crippen LogP contribution is -2.39. The summed E-state index contributed by atoms with van der Waals surface area (Å²) < 4.78 is 11.6. The van der Waals surface area contributed by atoms with Crippen molar-refractivity contribution < 1.29 is 9.47 Å². The molecule has 4 atom stereocenters. The topological polar surface area (TPSA) is 30.5 Å². The Morgan fingerprint density at radius 3 is 2.89 bits per heavy atom. The molecule has 106 valence electrons. The Hall–Kier alpha value is -0.120. The van der Waals surface area contributed by atoms with Crippen LogP contribution in [0.3, 0.4) is 0 Å². The lowest BCUT2D eigenvalue weighted by Gasteiger charge is -2.27. The molecule has 0 aromatic rings. The molecule has 2 fully saturated rings. The van der Waals surface area contributed by atoms with Gasteiger partial charge in [-0.1, -0.05) is 19.8 Å². The predicted molar refractivity (Wildman–Crippen MR) is 73.8 cm³/mol. The van der Waals surface area contributed by atoms with Crippen LogP contribution in [0.1, 0.15) is 52.4 Å². The first-order valence-electron chi connectivity index (χ1n) is 7.72. The van der Waals surface area contributed by atoms with Crippen molar-refractivity contribution in [2.45, 2.75) is 70.6 Å². The zero-order valence-electron chi connectivity index (χ0n) is 12.0. The van der Waals surface area contributed by atoms with Gasteiger partial charge in [0.15, 0.2) is 0 Å². The third-order valence-electron chi connectivity index (χ3n) is 4.33. The van der Waals surface area contributed by atoms with Crippen molar-refractivity contribution >= 4 is 0 Å². The normalized spacial score (nSPS) is 34.7. The fraction of sp³-hybridized carbons (Fsp3) is 1.00. The molecule has 1 heterocycles. The molecule has 1 aliphatic heterocycles. The van der Waals surface area contributed by atoms with Crippen LogP contribution in [-0.4, -0.2) is 38.0 Å². The summed E-state index contributed by atoms with van der Waals surface area (Å²) in [5.74, 6) is 0.850. The van der Waals surface area contributed by atoms with Gasteiger partial charge in [0.05, 0.1) is 18.8 Å². The van der Waals surface area contributed by atoms with Crippen LogP contribution in [0.25, 0.3) is 0 Å². The van der Waals surface area contributed by atoms with Crippen molar-refractivity contribution in [3.63, 3.8) is 0 Å². The average Bonchev–Trinajstić information content (AvgIpc) is 2.88. The van der Waals surface area contributed by atoms with E-state index in [-0.39, 0.29) is 0 Å². The minimum absolute atomic E-state index is 0.416. The Balaban J connectivity index is 1.52. The monoisotopic (exact) mass is 255 g/mol. The van der Waals surface area contributed by atoms with Gasteiger partial charge in [0, 0.05) is 19.2 Å². The van der Waals surface area contributed by atoms with E-state index in [0.29, 0.717) is 18.2 Å². The average molecular weight is 255 g/mol. The minimum atomic E-state index is 0.416. The molecule has 4 unspecified atom stereocenters. The zero-order valence-corrected chi connectivity index (χ0v) is 12.0. The predicted octanol–water partition coefficient (Wildman–Crippen LogP) is 2.74. The summed E-state index contributed by atoms with van der Waals surface area (Å²) in [6, 6.07) is 0.460. The van der Waals surface area contributed by atoms with E-state index >= 15 is 0 Å². The van der Waals surface area contributed by atoms with Gasteiger partial charge in [0.2, 0.25) is 0 Å². The molecule has 0 aromatic heterocycles. The van der Waals surface area contributed by atoms with Crippen LogP contribution in [0.2, 0.25) is 0 Å². The number of nitrogens with one attached hydrogen (secondary N) is 1. The smallest absolute Gasteiger partial charge is 0.0726 e. The Kier molecular flexibility index (Phi) is 5.93. The fourth-order valence-electron chi connectivity index (χ4n) is 3.17. The van der Waals surface area contributed by atoms with Crippen molar-refractivity contribution in [1.29, 1.82) is 0 Å². The summed E-state index contributed by atoms with van der Waals surface area (Å²) in [6.07, 6.45) is 8.57. The molecule has 3 nitrogen and oxygen atoms in total. The van der Waals surface area contributed by atoms with Crippen molar-refractivity contribution in [3.05, 3.63) is 0 Å². The highest BCUT2D eigenvalue weighted by Gasteiger charge is 2.22. The summed E-state index contributed by atoms with van der Waals surface area (Å²) in [5.41, 5.74) is 0. The van der Waals surface area contributed by atoms with Crippen molar-refractivity contribution in [2.75, 3.05) is 19.8 Å². The maximum atomic E-state index is 5.96. The second kappa shape index (κ2) is 7.46. The van der Waals surface area contributed by atoms with Gasteiger partial charge in [-0.15, -0.1) is 0 Å². The Morgan fingerprint density at radius 1 is 1.28 bits per heavy atom. The van der Waals surface area contributed by atoms with Crippen LogP contribution in [-0.2, 0) is 9.47 Å². The van der Waals surface area contributed by atoms with Crippen LogP contribution < -0.4 is 5.32 Å². The lowest BCUT2D eigenvalue weighted by atomic mass is 9.89. The molecular formula is C15H29NO2. The van der Waals surface area contributed by atoms with E-state index in [1.54, 1.807) is 0 Å². The molecule has 0 bridgehead atoms. The van der Waals surface area contributed by atoms with Gasteiger partial charge in [0.25, 0.3) is 0 Å². The van der Waals surface area contributed by atoms with E-state index in [2.05, 4.69) is 19.2 Å². The molecule has 1 saturated carbocycles. The highest BCUT2D eigenvalue weighted by atomic mass is 16.5. The van der Waals surface area contributed by atoms with Crippen molar-refractivity contribution in [1.82, 2.24) is 5.32 Å². The first-order chi connectivity index (χ1) is 8.75. The molecule has 0 spiro atoms. The molecule has 0 radical (unpaired) electrons. The van der Waals surface area contributed by atoms with Gasteiger partial charge in [0.1, 0.15) is 0 Å². The molecule has 18 heavy (non-hydrogen) atoms. The van der Waals surface area contributed by atoms with Gasteiger partial charge >= 0.3 is 0 Å². The first kappa shape index (κ1) is 14.3. The maximum Gasteiger partial charge on any atom is 0.0726 e. The summed E-state index contributed by atoms with van der Waals surface area (Å²) >= 11 is 0. The molecule has 2 aliphatic rings. The Bertz CT molecular complexity index is 225. The van der Waals surface area contributed by atoms with E-state index in [0.717, 1.165) is 25.7 Å². The van der Waals surface area contributed by atoms with Gasteiger partial charge in [-0.3, -0.25) is 0 Å². The second-order valence-corrected chi connectivity index (χ2v) is 6.06. The third kappa shape index (κ3) is 4.52. The Morgan fingerprint density at radius 2 is 2.17 bits per heavy atom. The summed E-state index contributed by atoms with van der Waals surface area (Å²) in [4.78, 5) is 0. The molecule has 0 amide bonds. The summed E-state index contributed by atoms with van der Waals surface area (Å²) in [5, 5.41) is 3.53. The second-order valence-electron chi connectivity index (χ2n) is 6.06. The molecule has 1 N–H and O–H groups in total. The number of hydrogen-bond donors (Lipinski definition) is 1. The zero-order chi connectivity index (χ0) is 12.8. The molecule has 1 saturated heterocycles. The van der Waals surface area contributed by atoms with Crippen LogP contribution in [0.4, 0.5) is 0 Å². The van der Waals surface area contributed by atoms with Crippen LogP contribution in [0, 0.1) is 5.92 Å². The minimum Gasteiger partial charge on any atom is -0.377 e. The number of rotatable bonds is 6. The van der Waals surface area contributed by atoms with E-state index in [1.807, 2.05) is 0 Å². The van der Waals surface area contributed by atoms with Crippen molar-refractivity contribution in [2.24, 2.45) is 5.92 Å². The van der Waals surface area contributed by atoms with E-state index in [9.17, 15) is 0 Å². The molecule has 0 aromatic carbocycles. The highest BCUT2D eigenvalue weighted by Crippen LogP contribution is 2.25. The maximum absolute atomic E-state index is 5.96. The van der Waals surface area contributed by atoms with E-state index in [4.69, 9.17) is 9.47 Å². The molecule has 1 aliphatic carbocycles. The lowest BCUT2D eigenvalue weighted by molar-refractivity contribution is 0.0137. The summed E-state index contributed by atoms with van der Waals surface area (Å²) in [6.45, 7) is 7.29. The molecular weight excluding hydrogens is 226 g/mol. The summed E-state index contributed by atoms with van der Waals surface area (Å²) in [7, 11) is 0. The van der Waals surface area contributed by atoms with Crippen LogP contribution >= 0.6 is 0 Å². The number of hydrogen-bond acceptors (Lipinski definition) is 3. The highest BCUT2D eigenvalue weighted by molar-refractivity contribution is 4.76. The van der Waals surface area contributed by atoms with Crippen LogP contribution in [0.5, 0.6) is 0 Å². The van der Waals surface area contributed by atoms with Gasteiger partial charge in [-0.2, -0.15) is 0 Å². The third-order valence-corrected chi connectivity index (χ3v) is 4.33. The van der Waals surface area contributed by atoms with Gasteiger partial charge in [-0.05, 0) is 38.5 Å². The first-order valence-corrected chi connectivity index (χ1v) is 7.72. The SMILES string of the molecule is CC1CCCC(OCCNC(C)C2CCCO2)C1. The molecule has 3 heteroatoms. The standard InChI is InChI=1S/C15H29NO2/c1-12-5-3-6-14(11-12)17-10-8-16-13(2)15-7-4-9-18-15/h12-16H,3-11H2,1-2H3. The quantitative estimate of drug-likeness (QED) is 0.740.